The highest BCUT2D eigenvalue weighted by atomic mass is 35.5. The minimum Gasteiger partial charge on any atom is -0.395 e. The van der Waals surface area contributed by atoms with E-state index in [0.29, 0.717) is 0 Å². The van der Waals surface area contributed by atoms with Crippen LogP contribution in [0.25, 0.3) is 0 Å². The topological polar surface area (TPSA) is 101 Å². The van der Waals surface area contributed by atoms with Crippen molar-refractivity contribution in [2.45, 2.75) is 5.66 Å². The van der Waals surface area contributed by atoms with Crippen molar-refractivity contribution in [3.8, 4) is 6.07 Å². The lowest BCUT2D eigenvalue weighted by molar-refractivity contribution is 0.653. The molecule has 1 aliphatic heterocycles. The van der Waals surface area contributed by atoms with Gasteiger partial charge in [-0.2, -0.15) is 5.26 Å². The number of hydrogen-bond acceptors (Lipinski definition) is 5. The van der Waals surface area contributed by atoms with Crippen molar-refractivity contribution in [3.63, 3.8) is 0 Å². The Labute approximate surface area is 62.0 Å². The van der Waals surface area contributed by atoms with Gasteiger partial charge in [-0.3, -0.25) is 5.73 Å². The van der Waals surface area contributed by atoms with E-state index in [0.717, 1.165) is 0 Å². The molecule has 0 amide bonds. The Balaban J connectivity index is 3.11. The Morgan fingerprint density at radius 3 is 2.50 bits per heavy atom. The van der Waals surface area contributed by atoms with Crippen LogP contribution in [0.15, 0.2) is 21.1 Å². The molecular weight excluding hydrogens is 154 g/mol. The second-order valence-corrected chi connectivity index (χ2v) is 2.14. The highest BCUT2D eigenvalue weighted by Crippen LogP contribution is 2.25. The van der Waals surface area contributed by atoms with Crippen molar-refractivity contribution in [3.05, 3.63) is 10.9 Å². The number of halogens is 1. The van der Waals surface area contributed by atoms with Gasteiger partial charge in [0.2, 0.25) is 0 Å². The van der Waals surface area contributed by atoms with Gasteiger partial charge in [-0.1, -0.05) is 11.6 Å². The zero-order valence-corrected chi connectivity index (χ0v) is 5.63. The van der Waals surface area contributed by atoms with Crippen LogP contribution in [0.5, 0.6) is 0 Å². The maximum Gasteiger partial charge on any atom is 0.259 e. The van der Waals surface area contributed by atoms with Gasteiger partial charge in [0.1, 0.15) is 11.8 Å². The molecule has 5 nitrogen and oxygen atoms in total. The third-order valence-corrected chi connectivity index (χ3v) is 1.38. The summed E-state index contributed by atoms with van der Waals surface area (Å²) in [7, 11) is 0. The van der Waals surface area contributed by atoms with Crippen LogP contribution in [-0.2, 0) is 0 Å². The first-order valence-corrected chi connectivity index (χ1v) is 2.77. The van der Waals surface area contributed by atoms with Crippen molar-refractivity contribution in [2.24, 2.45) is 21.7 Å². The summed E-state index contributed by atoms with van der Waals surface area (Å²) < 4.78 is 0. The van der Waals surface area contributed by atoms with E-state index in [9.17, 15) is 0 Å². The third kappa shape index (κ3) is 0.744. The molecule has 1 heterocycles. The Hall–Kier alpha value is -1.12. The summed E-state index contributed by atoms with van der Waals surface area (Å²) in [5, 5.41) is 15.1. The van der Waals surface area contributed by atoms with E-state index in [1.54, 1.807) is 6.07 Å². The molecule has 0 aromatic carbocycles. The van der Waals surface area contributed by atoms with Gasteiger partial charge >= 0.3 is 0 Å². The van der Waals surface area contributed by atoms with Crippen LogP contribution in [0.2, 0.25) is 0 Å². The Morgan fingerprint density at radius 1 is 1.70 bits per heavy atom. The maximum atomic E-state index is 8.41. The average Bonchev–Trinajstić information content (AvgIpc) is 2.19. The number of nitrogens with zero attached hydrogens (tertiary/aromatic N) is 3. The molecule has 0 saturated heterocycles. The van der Waals surface area contributed by atoms with Crippen LogP contribution >= 0.6 is 11.6 Å². The summed E-state index contributed by atoms with van der Waals surface area (Å²) in [4.78, 5) is 0. The van der Waals surface area contributed by atoms with Crippen molar-refractivity contribution in [2.75, 3.05) is 0 Å². The molecule has 4 N–H and O–H groups in total. The SMILES string of the molecule is N#CC1(N)N=NC(Cl)=C1N. The van der Waals surface area contributed by atoms with Crippen molar-refractivity contribution < 1.29 is 0 Å². The number of hydrogen-bond donors (Lipinski definition) is 2. The zero-order valence-electron chi connectivity index (χ0n) is 4.87. The van der Waals surface area contributed by atoms with E-state index in [2.05, 4.69) is 10.2 Å². The lowest BCUT2D eigenvalue weighted by Gasteiger charge is -2.08. The average molecular weight is 158 g/mol. The third-order valence-electron chi connectivity index (χ3n) is 1.10. The molecule has 0 aromatic rings. The summed E-state index contributed by atoms with van der Waals surface area (Å²) >= 11 is 5.39. The van der Waals surface area contributed by atoms with E-state index in [4.69, 9.17) is 28.3 Å². The smallest absolute Gasteiger partial charge is 0.259 e. The van der Waals surface area contributed by atoms with Gasteiger partial charge in [-0.25, -0.2) is 0 Å². The second-order valence-electron chi connectivity index (χ2n) is 1.78. The predicted molar refractivity (Wildman–Crippen MR) is 34.5 cm³/mol. The van der Waals surface area contributed by atoms with Crippen LogP contribution in [0.4, 0.5) is 0 Å². The molecule has 0 saturated carbocycles. The van der Waals surface area contributed by atoms with E-state index in [1.807, 2.05) is 0 Å². The predicted octanol–water partition coefficient (Wildman–Crippen LogP) is -0.00262. The molecule has 1 rings (SSSR count). The number of azo groups is 1. The first kappa shape index (κ1) is 6.99. The lowest BCUT2D eigenvalue weighted by atomic mass is 10.2. The quantitative estimate of drug-likeness (QED) is 0.484. The maximum absolute atomic E-state index is 8.41. The Morgan fingerprint density at radius 2 is 2.30 bits per heavy atom. The van der Waals surface area contributed by atoms with Crippen molar-refractivity contribution in [1.82, 2.24) is 0 Å². The summed E-state index contributed by atoms with van der Waals surface area (Å²) in [6.45, 7) is 0. The van der Waals surface area contributed by atoms with Crippen LogP contribution in [0, 0.1) is 11.3 Å². The van der Waals surface area contributed by atoms with Gasteiger partial charge in [0.25, 0.3) is 5.66 Å². The Bertz CT molecular complexity index is 261. The monoisotopic (exact) mass is 157 g/mol. The molecule has 10 heavy (non-hydrogen) atoms. The van der Waals surface area contributed by atoms with Gasteiger partial charge in [-0.15, -0.1) is 10.2 Å². The molecule has 6 heteroatoms. The summed E-state index contributed by atoms with van der Waals surface area (Å²) in [5.74, 6) is 0. The molecule has 0 spiro atoms. The molecule has 0 fully saturated rings. The molecule has 0 aliphatic carbocycles. The van der Waals surface area contributed by atoms with Gasteiger partial charge in [0.15, 0.2) is 5.16 Å². The van der Waals surface area contributed by atoms with Crippen LogP contribution in [0.1, 0.15) is 0 Å². The fraction of sp³-hybridized carbons (Fsp3) is 0.250. The molecule has 52 valence electrons. The number of nitriles is 1. The zero-order chi connectivity index (χ0) is 7.78. The van der Waals surface area contributed by atoms with E-state index in [-0.39, 0.29) is 10.9 Å². The highest BCUT2D eigenvalue weighted by molar-refractivity contribution is 6.29. The van der Waals surface area contributed by atoms with Gasteiger partial charge in [0, 0.05) is 0 Å². The minimum atomic E-state index is -1.54. The summed E-state index contributed by atoms with van der Waals surface area (Å²) in [6, 6.07) is 1.67. The fourth-order valence-electron chi connectivity index (χ4n) is 0.470. The highest BCUT2D eigenvalue weighted by Gasteiger charge is 2.34. The number of nitrogens with two attached hydrogens (primary N) is 2. The van der Waals surface area contributed by atoms with Crippen LogP contribution in [0.3, 0.4) is 0 Å². The number of rotatable bonds is 0. The van der Waals surface area contributed by atoms with Crippen molar-refractivity contribution >= 4 is 11.6 Å². The van der Waals surface area contributed by atoms with Crippen LogP contribution in [-0.4, -0.2) is 5.66 Å². The normalized spacial score (nSPS) is 30.9. The molecule has 0 radical (unpaired) electrons. The molecular formula is C4H4ClN5. The second kappa shape index (κ2) is 1.94. The first-order valence-electron chi connectivity index (χ1n) is 2.39. The van der Waals surface area contributed by atoms with Gasteiger partial charge in [-0.05, 0) is 0 Å². The van der Waals surface area contributed by atoms with E-state index < -0.39 is 5.66 Å². The largest absolute Gasteiger partial charge is 0.395 e. The van der Waals surface area contributed by atoms with Crippen LogP contribution < -0.4 is 11.5 Å². The van der Waals surface area contributed by atoms with Gasteiger partial charge in [0.05, 0.1) is 0 Å². The summed E-state index contributed by atoms with van der Waals surface area (Å²) in [6.07, 6.45) is 0. The standard InChI is InChI=1S/C4H4ClN5/c5-3-2(7)4(8,1-6)10-9-3/h7-8H2. The first-order chi connectivity index (χ1) is 4.60. The molecule has 1 aliphatic rings. The lowest BCUT2D eigenvalue weighted by Crippen LogP contribution is -2.39. The van der Waals surface area contributed by atoms with E-state index in [1.165, 1.54) is 0 Å². The molecule has 0 bridgehead atoms. The molecule has 1 atom stereocenters. The Kier molecular flexibility index (Phi) is 1.35. The van der Waals surface area contributed by atoms with Gasteiger partial charge < -0.3 is 5.73 Å². The fourth-order valence-corrected chi connectivity index (χ4v) is 0.652. The summed E-state index contributed by atoms with van der Waals surface area (Å²) in [5.41, 5.74) is 9.04. The minimum absolute atomic E-state index is 0.00309. The van der Waals surface area contributed by atoms with Crippen molar-refractivity contribution in [1.29, 1.82) is 5.26 Å². The molecule has 0 aromatic heterocycles. The molecule has 1 unspecified atom stereocenters. The van der Waals surface area contributed by atoms with E-state index >= 15 is 0 Å².